The lowest BCUT2D eigenvalue weighted by Gasteiger charge is -2.24. The van der Waals surface area contributed by atoms with Gasteiger partial charge < -0.3 is 10.6 Å². The van der Waals surface area contributed by atoms with Gasteiger partial charge in [-0.15, -0.1) is 0 Å². The van der Waals surface area contributed by atoms with Crippen LogP contribution >= 0.6 is 0 Å². The zero-order chi connectivity index (χ0) is 16.4. The number of benzene rings is 2. The lowest BCUT2D eigenvalue weighted by Crippen LogP contribution is -2.48. The van der Waals surface area contributed by atoms with Gasteiger partial charge in [0.15, 0.2) is 0 Å². The van der Waals surface area contributed by atoms with Crippen molar-refractivity contribution in [1.29, 1.82) is 0 Å². The van der Waals surface area contributed by atoms with Crippen molar-refractivity contribution in [2.45, 2.75) is 32.2 Å². The van der Waals surface area contributed by atoms with Gasteiger partial charge in [-0.05, 0) is 35.2 Å². The Labute approximate surface area is 135 Å². The summed E-state index contributed by atoms with van der Waals surface area (Å²) >= 11 is 0. The molecule has 2 aromatic rings. The number of amides is 2. The van der Waals surface area contributed by atoms with Crippen LogP contribution in [-0.2, 0) is 11.2 Å². The van der Waals surface area contributed by atoms with E-state index in [0.29, 0.717) is 17.9 Å². The molecule has 3 rings (SSSR count). The van der Waals surface area contributed by atoms with Gasteiger partial charge in [0.1, 0.15) is 6.04 Å². The summed E-state index contributed by atoms with van der Waals surface area (Å²) < 4.78 is 0. The molecule has 23 heavy (non-hydrogen) atoms. The zero-order valence-electron chi connectivity index (χ0n) is 13.3. The average molecular weight is 308 g/mol. The molecule has 0 fully saturated rings. The van der Waals surface area contributed by atoms with Crippen LogP contribution in [0.1, 0.15) is 41.3 Å². The molecule has 0 aromatic heterocycles. The van der Waals surface area contributed by atoms with Gasteiger partial charge in [-0.25, -0.2) is 0 Å². The molecule has 0 spiro atoms. The number of carbonyl (C=O) groups excluding carboxylic acids is 2. The van der Waals surface area contributed by atoms with Gasteiger partial charge in [0.25, 0.3) is 5.91 Å². The summed E-state index contributed by atoms with van der Waals surface area (Å²) in [5.41, 5.74) is 3.53. The number of nitrogens with one attached hydrogen (secondary N) is 2. The van der Waals surface area contributed by atoms with Crippen LogP contribution in [0.3, 0.4) is 0 Å². The minimum absolute atomic E-state index is 0.190. The Hall–Kier alpha value is -2.62. The SMILES string of the molecule is CC(C)c1ccc(NC(=O)C2Cc3ccccc3C(=O)N2)cc1. The van der Waals surface area contributed by atoms with Crippen molar-refractivity contribution in [2.24, 2.45) is 0 Å². The summed E-state index contributed by atoms with van der Waals surface area (Å²) in [5.74, 6) is 0.0705. The third-order valence-electron chi connectivity index (χ3n) is 4.15. The molecule has 0 saturated carbocycles. The van der Waals surface area contributed by atoms with Gasteiger partial charge >= 0.3 is 0 Å². The van der Waals surface area contributed by atoms with E-state index in [0.717, 1.165) is 11.3 Å². The van der Waals surface area contributed by atoms with Crippen molar-refractivity contribution in [3.63, 3.8) is 0 Å². The van der Waals surface area contributed by atoms with Crippen molar-refractivity contribution in [1.82, 2.24) is 5.32 Å². The van der Waals surface area contributed by atoms with Gasteiger partial charge in [0.2, 0.25) is 5.91 Å². The van der Waals surface area contributed by atoms with Gasteiger partial charge in [0.05, 0.1) is 0 Å². The van der Waals surface area contributed by atoms with Crippen LogP contribution in [-0.4, -0.2) is 17.9 Å². The first kappa shape index (κ1) is 15.3. The van der Waals surface area contributed by atoms with Crippen molar-refractivity contribution in [2.75, 3.05) is 5.32 Å². The van der Waals surface area contributed by atoms with Crippen molar-refractivity contribution >= 4 is 17.5 Å². The molecule has 118 valence electrons. The third-order valence-corrected chi connectivity index (χ3v) is 4.15. The van der Waals surface area contributed by atoms with Crippen LogP contribution in [0, 0.1) is 0 Å². The van der Waals surface area contributed by atoms with Crippen molar-refractivity contribution in [3.05, 3.63) is 65.2 Å². The maximum Gasteiger partial charge on any atom is 0.252 e. The molecule has 0 saturated heterocycles. The van der Waals surface area contributed by atoms with E-state index >= 15 is 0 Å². The summed E-state index contributed by atoms with van der Waals surface area (Å²) in [4.78, 5) is 24.5. The lowest BCUT2D eigenvalue weighted by atomic mass is 9.95. The van der Waals surface area contributed by atoms with E-state index in [1.165, 1.54) is 5.56 Å². The molecule has 4 heteroatoms. The molecule has 1 aliphatic rings. The minimum Gasteiger partial charge on any atom is -0.340 e. The topological polar surface area (TPSA) is 58.2 Å². The third kappa shape index (κ3) is 3.26. The van der Waals surface area contributed by atoms with E-state index in [1.54, 1.807) is 6.07 Å². The minimum atomic E-state index is -0.540. The molecule has 1 heterocycles. The van der Waals surface area contributed by atoms with Crippen molar-refractivity contribution in [3.8, 4) is 0 Å². The second-order valence-corrected chi connectivity index (χ2v) is 6.15. The van der Waals surface area contributed by atoms with E-state index in [9.17, 15) is 9.59 Å². The largest absolute Gasteiger partial charge is 0.340 e. The predicted octanol–water partition coefficient (Wildman–Crippen LogP) is 3.10. The lowest BCUT2D eigenvalue weighted by molar-refractivity contribution is -0.118. The summed E-state index contributed by atoms with van der Waals surface area (Å²) in [5, 5.41) is 5.65. The number of carbonyl (C=O) groups is 2. The van der Waals surface area contributed by atoms with Gasteiger partial charge in [-0.1, -0.05) is 44.2 Å². The normalized spacial score (nSPS) is 16.7. The Balaban J connectivity index is 1.71. The van der Waals surface area contributed by atoms with Crippen LogP contribution in [0.4, 0.5) is 5.69 Å². The van der Waals surface area contributed by atoms with Crippen LogP contribution in [0.5, 0.6) is 0 Å². The Morgan fingerprint density at radius 1 is 1.13 bits per heavy atom. The van der Waals surface area contributed by atoms with Crippen LogP contribution < -0.4 is 10.6 Å². The molecule has 1 unspecified atom stereocenters. The highest BCUT2D eigenvalue weighted by atomic mass is 16.2. The smallest absolute Gasteiger partial charge is 0.252 e. The highest BCUT2D eigenvalue weighted by molar-refractivity contribution is 6.03. The molecule has 0 bridgehead atoms. The monoisotopic (exact) mass is 308 g/mol. The fourth-order valence-corrected chi connectivity index (χ4v) is 2.77. The van der Waals surface area contributed by atoms with Crippen LogP contribution in [0.2, 0.25) is 0 Å². The van der Waals surface area contributed by atoms with Gasteiger partial charge in [-0.3, -0.25) is 9.59 Å². The highest BCUT2D eigenvalue weighted by Gasteiger charge is 2.28. The second-order valence-electron chi connectivity index (χ2n) is 6.15. The quantitative estimate of drug-likeness (QED) is 0.915. The maximum atomic E-state index is 12.4. The fraction of sp³-hybridized carbons (Fsp3) is 0.263. The molecule has 2 aromatic carbocycles. The molecular formula is C19H20N2O2. The molecule has 2 N–H and O–H groups in total. The number of hydrogen-bond acceptors (Lipinski definition) is 2. The van der Waals surface area contributed by atoms with E-state index in [1.807, 2.05) is 42.5 Å². The van der Waals surface area contributed by atoms with Crippen LogP contribution in [0.15, 0.2) is 48.5 Å². The Kier molecular flexibility index (Phi) is 4.15. The molecule has 0 radical (unpaired) electrons. The zero-order valence-corrected chi connectivity index (χ0v) is 13.3. The second kappa shape index (κ2) is 6.24. The van der Waals surface area contributed by atoms with E-state index < -0.39 is 6.04 Å². The summed E-state index contributed by atoms with van der Waals surface area (Å²) in [6, 6.07) is 14.7. The Morgan fingerprint density at radius 3 is 2.52 bits per heavy atom. The number of hydrogen-bond donors (Lipinski definition) is 2. The predicted molar refractivity (Wildman–Crippen MR) is 90.6 cm³/mol. The first-order valence-corrected chi connectivity index (χ1v) is 7.84. The molecule has 1 atom stereocenters. The molecule has 4 nitrogen and oxygen atoms in total. The summed E-state index contributed by atoms with van der Waals surface area (Å²) in [7, 11) is 0. The van der Waals surface area contributed by atoms with E-state index in [4.69, 9.17) is 0 Å². The van der Waals surface area contributed by atoms with Crippen molar-refractivity contribution < 1.29 is 9.59 Å². The van der Waals surface area contributed by atoms with Gasteiger partial charge in [-0.2, -0.15) is 0 Å². The fourth-order valence-electron chi connectivity index (χ4n) is 2.77. The standard InChI is InChI=1S/C19H20N2O2/c1-12(2)13-7-9-15(10-8-13)20-19(23)17-11-14-5-3-4-6-16(14)18(22)21-17/h3-10,12,17H,11H2,1-2H3,(H,20,23)(H,21,22). The first-order valence-electron chi connectivity index (χ1n) is 7.84. The summed E-state index contributed by atoms with van der Waals surface area (Å²) in [6.07, 6.45) is 0.512. The summed E-state index contributed by atoms with van der Waals surface area (Å²) in [6.45, 7) is 4.26. The molecule has 0 aliphatic carbocycles. The van der Waals surface area contributed by atoms with E-state index in [-0.39, 0.29) is 11.8 Å². The number of anilines is 1. The first-order chi connectivity index (χ1) is 11.0. The number of fused-ring (bicyclic) bond motifs is 1. The Bertz CT molecular complexity index is 735. The van der Waals surface area contributed by atoms with Crippen LogP contribution in [0.25, 0.3) is 0 Å². The molecule has 1 aliphatic heterocycles. The Morgan fingerprint density at radius 2 is 1.83 bits per heavy atom. The van der Waals surface area contributed by atoms with Gasteiger partial charge in [0, 0.05) is 17.7 Å². The average Bonchev–Trinajstić information content (AvgIpc) is 2.55. The highest BCUT2D eigenvalue weighted by Crippen LogP contribution is 2.19. The number of rotatable bonds is 3. The molecule has 2 amide bonds. The maximum absolute atomic E-state index is 12.4. The molecular weight excluding hydrogens is 288 g/mol. The van der Waals surface area contributed by atoms with E-state index in [2.05, 4.69) is 24.5 Å².